The van der Waals surface area contributed by atoms with Gasteiger partial charge in [-0.2, -0.15) is 10.1 Å². The van der Waals surface area contributed by atoms with Crippen LogP contribution >= 0.6 is 0 Å². The van der Waals surface area contributed by atoms with Crippen molar-refractivity contribution in [2.45, 2.75) is 19.1 Å². The van der Waals surface area contributed by atoms with Crippen molar-refractivity contribution in [3.05, 3.63) is 107 Å². The highest BCUT2D eigenvalue weighted by atomic mass is 19.1. The molecule has 0 fully saturated rings. The molecule has 0 unspecified atom stereocenters. The number of nitrogens with one attached hydrogen (secondary N) is 1. The molecule has 0 bridgehead atoms. The van der Waals surface area contributed by atoms with Gasteiger partial charge in [-0.15, -0.1) is 0 Å². The quantitative estimate of drug-likeness (QED) is 0.469. The highest BCUT2D eigenvalue weighted by Crippen LogP contribution is 2.51. The van der Waals surface area contributed by atoms with Crippen molar-refractivity contribution < 1.29 is 13.9 Å². The van der Waals surface area contributed by atoms with Gasteiger partial charge >= 0.3 is 0 Å². The summed E-state index contributed by atoms with van der Waals surface area (Å²) < 4.78 is 27.7. The summed E-state index contributed by atoms with van der Waals surface area (Å²) in [6, 6.07) is 20.3. The Balaban J connectivity index is 1.62. The van der Waals surface area contributed by atoms with E-state index in [1.54, 1.807) is 19.2 Å². The molecule has 2 aliphatic rings. The first-order chi connectivity index (χ1) is 16.1. The van der Waals surface area contributed by atoms with Crippen molar-refractivity contribution in [1.82, 2.24) is 14.8 Å². The number of aromatic nitrogens is 3. The summed E-state index contributed by atoms with van der Waals surface area (Å²) in [6.45, 7) is 2.06. The molecule has 0 aliphatic carbocycles. The SMILES string of the molecule is COc1ccc2c(c1)C1=C([C@H](c3ccc(C)cc3)O2)[C@@H](c2ccc(F)cc2)n2ncnc2N1. The van der Waals surface area contributed by atoms with Crippen molar-refractivity contribution in [2.75, 3.05) is 12.4 Å². The molecule has 7 heteroatoms. The van der Waals surface area contributed by atoms with Gasteiger partial charge in [0.05, 0.1) is 12.8 Å². The molecule has 1 aromatic heterocycles. The van der Waals surface area contributed by atoms with E-state index in [0.717, 1.165) is 39.5 Å². The first-order valence-electron chi connectivity index (χ1n) is 10.7. The number of aryl methyl sites for hydroxylation is 1. The summed E-state index contributed by atoms with van der Waals surface area (Å²) in [5.74, 6) is 1.80. The fourth-order valence-electron chi connectivity index (χ4n) is 4.56. The highest BCUT2D eigenvalue weighted by Gasteiger charge is 2.41. The van der Waals surface area contributed by atoms with Crippen LogP contribution in [0.4, 0.5) is 10.3 Å². The zero-order chi connectivity index (χ0) is 22.5. The van der Waals surface area contributed by atoms with Gasteiger partial charge in [-0.25, -0.2) is 9.07 Å². The van der Waals surface area contributed by atoms with E-state index in [4.69, 9.17) is 9.47 Å². The van der Waals surface area contributed by atoms with Crippen LogP contribution in [0.1, 0.15) is 34.4 Å². The van der Waals surface area contributed by atoms with E-state index in [0.29, 0.717) is 5.95 Å². The first-order valence-corrected chi connectivity index (χ1v) is 10.7. The number of hydrogen-bond donors (Lipinski definition) is 1. The van der Waals surface area contributed by atoms with Gasteiger partial charge in [-0.3, -0.25) is 0 Å². The number of ether oxygens (including phenoxy) is 2. The predicted octanol–water partition coefficient (Wildman–Crippen LogP) is 5.29. The molecule has 0 saturated carbocycles. The predicted molar refractivity (Wildman–Crippen MR) is 123 cm³/mol. The maximum atomic E-state index is 13.8. The molecule has 6 rings (SSSR count). The van der Waals surface area contributed by atoms with E-state index in [9.17, 15) is 4.39 Å². The van der Waals surface area contributed by atoms with Gasteiger partial charge in [-0.1, -0.05) is 42.0 Å². The van der Waals surface area contributed by atoms with Crippen LogP contribution < -0.4 is 14.8 Å². The molecule has 6 nitrogen and oxygen atoms in total. The van der Waals surface area contributed by atoms with Gasteiger partial charge < -0.3 is 14.8 Å². The summed E-state index contributed by atoms with van der Waals surface area (Å²) in [4.78, 5) is 4.43. The summed E-state index contributed by atoms with van der Waals surface area (Å²) >= 11 is 0. The first kappa shape index (κ1) is 19.5. The fraction of sp³-hybridized carbons (Fsp3) is 0.154. The number of hydrogen-bond acceptors (Lipinski definition) is 5. The molecular weight excluding hydrogens is 419 g/mol. The van der Waals surface area contributed by atoms with Crippen LogP contribution in [0.25, 0.3) is 5.70 Å². The third-order valence-electron chi connectivity index (χ3n) is 6.19. The number of methoxy groups -OCH3 is 1. The van der Waals surface area contributed by atoms with Crippen molar-refractivity contribution in [2.24, 2.45) is 0 Å². The summed E-state index contributed by atoms with van der Waals surface area (Å²) in [5, 5.41) is 7.96. The van der Waals surface area contributed by atoms with E-state index >= 15 is 0 Å². The van der Waals surface area contributed by atoms with Crippen LogP contribution in [0.15, 0.2) is 78.6 Å². The Morgan fingerprint density at radius 3 is 2.52 bits per heavy atom. The topological polar surface area (TPSA) is 61.2 Å². The highest BCUT2D eigenvalue weighted by molar-refractivity contribution is 5.85. The largest absolute Gasteiger partial charge is 0.497 e. The number of anilines is 1. The molecule has 0 radical (unpaired) electrons. The molecule has 3 heterocycles. The van der Waals surface area contributed by atoms with E-state index in [-0.39, 0.29) is 18.0 Å². The lowest BCUT2D eigenvalue weighted by atomic mass is 9.84. The van der Waals surface area contributed by atoms with Crippen LogP contribution in [0.2, 0.25) is 0 Å². The van der Waals surface area contributed by atoms with Crippen molar-refractivity contribution >= 4 is 11.6 Å². The van der Waals surface area contributed by atoms with Crippen LogP contribution in [0, 0.1) is 12.7 Å². The van der Waals surface area contributed by atoms with Crippen LogP contribution in [-0.4, -0.2) is 21.9 Å². The monoisotopic (exact) mass is 440 g/mol. The van der Waals surface area contributed by atoms with E-state index in [2.05, 4.69) is 46.6 Å². The number of benzene rings is 3. The van der Waals surface area contributed by atoms with Crippen molar-refractivity contribution in [3.63, 3.8) is 0 Å². The van der Waals surface area contributed by atoms with Gasteiger partial charge in [0.15, 0.2) is 0 Å². The third-order valence-corrected chi connectivity index (χ3v) is 6.19. The summed E-state index contributed by atoms with van der Waals surface area (Å²) in [7, 11) is 1.64. The average Bonchev–Trinajstić information content (AvgIpc) is 3.31. The number of rotatable bonds is 3. The molecule has 1 N–H and O–H groups in total. The molecule has 2 aliphatic heterocycles. The van der Waals surface area contributed by atoms with Gasteiger partial charge in [0, 0.05) is 11.1 Å². The molecule has 0 saturated heterocycles. The van der Waals surface area contributed by atoms with E-state index < -0.39 is 0 Å². The van der Waals surface area contributed by atoms with E-state index in [1.807, 2.05) is 22.9 Å². The second-order valence-corrected chi connectivity index (χ2v) is 8.21. The Labute approximate surface area is 190 Å². The molecule has 4 aromatic rings. The number of nitrogens with zero attached hydrogens (tertiary/aromatic N) is 3. The molecule has 0 spiro atoms. The molecule has 2 atom stereocenters. The molecular formula is C26H21FN4O2. The normalized spacial score (nSPS) is 18.5. The van der Waals surface area contributed by atoms with Gasteiger partial charge in [0.2, 0.25) is 5.95 Å². The maximum absolute atomic E-state index is 13.8. The number of fused-ring (bicyclic) bond motifs is 3. The summed E-state index contributed by atoms with van der Waals surface area (Å²) in [5.41, 5.74) is 5.84. The minimum Gasteiger partial charge on any atom is -0.497 e. The third kappa shape index (κ3) is 3.16. The minimum atomic E-state index is -0.374. The Bertz CT molecular complexity index is 1380. The van der Waals surface area contributed by atoms with Crippen LogP contribution in [0.3, 0.4) is 0 Å². The van der Waals surface area contributed by atoms with Gasteiger partial charge in [0.25, 0.3) is 0 Å². The van der Waals surface area contributed by atoms with Crippen LogP contribution in [0.5, 0.6) is 11.5 Å². The Kier molecular flexibility index (Phi) is 4.43. The molecule has 164 valence electrons. The maximum Gasteiger partial charge on any atom is 0.226 e. The number of halogens is 1. The van der Waals surface area contributed by atoms with Crippen LogP contribution in [-0.2, 0) is 0 Å². The standard InChI is InChI=1S/C26H21FN4O2/c1-15-3-5-17(6-4-15)25-22-23(20-13-19(32-2)11-12-21(20)33-25)30-26-28-14-29-31(26)24(22)16-7-9-18(27)10-8-16/h3-14,24-25H,1-2H3,(H,28,29,30)/t24-,25+/m1/s1. The van der Waals surface area contributed by atoms with Gasteiger partial charge in [0.1, 0.15) is 35.8 Å². The zero-order valence-electron chi connectivity index (χ0n) is 18.1. The molecule has 0 amide bonds. The fourth-order valence-corrected chi connectivity index (χ4v) is 4.56. The lowest BCUT2D eigenvalue weighted by molar-refractivity contribution is 0.222. The second kappa shape index (κ2) is 7.48. The smallest absolute Gasteiger partial charge is 0.226 e. The Morgan fingerprint density at radius 2 is 1.76 bits per heavy atom. The van der Waals surface area contributed by atoms with Gasteiger partial charge in [-0.05, 0) is 48.4 Å². The molecule has 3 aromatic carbocycles. The Hall–Kier alpha value is -4.13. The lowest BCUT2D eigenvalue weighted by Crippen LogP contribution is -2.32. The second-order valence-electron chi connectivity index (χ2n) is 8.21. The lowest BCUT2D eigenvalue weighted by Gasteiger charge is -2.39. The molecule has 33 heavy (non-hydrogen) atoms. The zero-order valence-corrected chi connectivity index (χ0v) is 18.1. The minimum absolute atomic E-state index is 0.286. The Morgan fingerprint density at radius 1 is 1.00 bits per heavy atom. The summed E-state index contributed by atoms with van der Waals surface area (Å²) in [6.07, 6.45) is 1.15. The average molecular weight is 440 g/mol. The van der Waals surface area contributed by atoms with Crippen molar-refractivity contribution in [3.8, 4) is 11.5 Å². The van der Waals surface area contributed by atoms with Crippen molar-refractivity contribution in [1.29, 1.82) is 0 Å². The van der Waals surface area contributed by atoms with E-state index in [1.165, 1.54) is 24.0 Å².